The van der Waals surface area contributed by atoms with Gasteiger partial charge in [-0.05, 0) is 37.8 Å². The van der Waals surface area contributed by atoms with Crippen LogP contribution in [0.15, 0.2) is 16.5 Å². The monoisotopic (exact) mass is 253 g/mol. The summed E-state index contributed by atoms with van der Waals surface area (Å²) in [6.07, 6.45) is 2.35. The van der Waals surface area contributed by atoms with Gasteiger partial charge in [0.1, 0.15) is 5.76 Å². The van der Waals surface area contributed by atoms with Gasteiger partial charge in [0.25, 0.3) is 0 Å². The van der Waals surface area contributed by atoms with Crippen LogP contribution in [0.4, 0.5) is 0 Å². The van der Waals surface area contributed by atoms with Crippen molar-refractivity contribution in [3.8, 4) is 0 Å². The fourth-order valence-corrected chi connectivity index (χ4v) is 1.64. The van der Waals surface area contributed by atoms with Crippen LogP contribution in [0, 0.1) is 5.92 Å². The highest BCUT2D eigenvalue weighted by Crippen LogP contribution is 2.10. The number of methoxy groups -OCH3 is 1. The van der Waals surface area contributed by atoms with Crippen LogP contribution in [0.25, 0.3) is 0 Å². The third kappa shape index (κ3) is 4.92. The predicted octanol–water partition coefficient (Wildman–Crippen LogP) is 2.98. The van der Waals surface area contributed by atoms with Crippen molar-refractivity contribution in [1.29, 1.82) is 0 Å². The zero-order valence-corrected chi connectivity index (χ0v) is 11.7. The Kier molecular flexibility index (Phi) is 5.92. The molecule has 1 heterocycles. The molecule has 0 aliphatic heterocycles. The molecule has 0 saturated heterocycles. The quantitative estimate of drug-likeness (QED) is 0.759. The van der Waals surface area contributed by atoms with E-state index in [0.717, 1.165) is 18.1 Å². The van der Waals surface area contributed by atoms with Crippen LogP contribution in [0.2, 0.25) is 0 Å². The lowest BCUT2D eigenvalue weighted by Crippen LogP contribution is -2.25. The van der Waals surface area contributed by atoms with Gasteiger partial charge in [-0.25, -0.2) is 4.79 Å². The summed E-state index contributed by atoms with van der Waals surface area (Å²) in [5.41, 5.74) is 0. The van der Waals surface area contributed by atoms with Crippen LogP contribution >= 0.6 is 0 Å². The molecule has 0 saturated carbocycles. The molecule has 1 aromatic heterocycles. The number of esters is 1. The molecule has 0 aliphatic rings. The highest BCUT2D eigenvalue weighted by molar-refractivity contribution is 5.86. The van der Waals surface area contributed by atoms with Crippen molar-refractivity contribution in [3.05, 3.63) is 23.7 Å². The molecule has 0 spiro atoms. The number of hydrogen-bond acceptors (Lipinski definition) is 4. The molecular weight excluding hydrogens is 230 g/mol. The molecule has 1 atom stereocenters. The summed E-state index contributed by atoms with van der Waals surface area (Å²) < 4.78 is 9.96. The zero-order valence-electron chi connectivity index (χ0n) is 11.7. The molecule has 0 aliphatic carbocycles. The van der Waals surface area contributed by atoms with Gasteiger partial charge in [0.05, 0.1) is 13.7 Å². The van der Waals surface area contributed by atoms with Gasteiger partial charge in [-0.3, -0.25) is 0 Å². The van der Waals surface area contributed by atoms with E-state index < -0.39 is 5.97 Å². The second-order valence-electron chi connectivity index (χ2n) is 5.01. The van der Waals surface area contributed by atoms with E-state index in [1.807, 2.05) is 0 Å². The fraction of sp³-hybridized carbons (Fsp3) is 0.643. The molecule has 0 bridgehead atoms. The molecule has 1 unspecified atom stereocenters. The first-order valence-electron chi connectivity index (χ1n) is 6.43. The van der Waals surface area contributed by atoms with Crippen molar-refractivity contribution < 1.29 is 13.9 Å². The Morgan fingerprint density at radius 1 is 1.33 bits per heavy atom. The van der Waals surface area contributed by atoms with Crippen molar-refractivity contribution in [3.63, 3.8) is 0 Å². The summed E-state index contributed by atoms with van der Waals surface area (Å²) in [7, 11) is 1.34. The van der Waals surface area contributed by atoms with Crippen LogP contribution < -0.4 is 5.32 Å². The summed E-state index contributed by atoms with van der Waals surface area (Å²) >= 11 is 0. The minimum absolute atomic E-state index is 0.254. The van der Waals surface area contributed by atoms with Crippen molar-refractivity contribution in [2.75, 3.05) is 7.11 Å². The van der Waals surface area contributed by atoms with Crippen LogP contribution in [-0.2, 0) is 11.3 Å². The molecule has 4 heteroatoms. The fourth-order valence-electron chi connectivity index (χ4n) is 1.64. The van der Waals surface area contributed by atoms with Crippen LogP contribution in [0.5, 0.6) is 0 Å². The first-order valence-corrected chi connectivity index (χ1v) is 6.43. The first kappa shape index (κ1) is 14.8. The van der Waals surface area contributed by atoms with Crippen LogP contribution in [0.1, 0.15) is 49.9 Å². The van der Waals surface area contributed by atoms with E-state index in [-0.39, 0.29) is 5.76 Å². The van der Waals surface area contributed by atoms with Gasteiger partial charge in [-0.1, -0.05) is 13.8 Å². The molecule has 0 radical (unpaired) electrons. The standard InChI is InChI=1S/C14H23NO3/c1-10(2)5-6-11(3)15-9-12-7-8-13(18-12)14(16)17-4/h7-8,10-11,15H,5-6,9H2,1-4H3. The maximum atomic E-state index is 11.2. The van der Waals surface area contributed by atoms with Crippen molar-refractivity contribution in [2.45, 2.75) is 46.2 Å². The van der Waals surface area contributed by atoms with E-state index in [4.69, 9.17) is 4.42 Å². The van der Waals surface area contributed by atoms with Gasteiger partial charge in [-0.2, -0.15) is 0 Å². The maximum Gasteiger partial charge on any atom is 0.373 e. The van der Waals surface area contributed by atoms with Gasteiger partial charge in [0, 0.05) is 6.04 Å². The third-order valence-electron chi connectivity index (χ3n) is 2.85. The van der Waals surface area contributed by atoms with Gasteiger partial charge in [-0.15, -0.1) is 0 Å². The molecule has 0 aromatic carbocycles. The van der Waals surface area contributed by atoms with Crippen molar-refractivity contribution in [1.82, 2.24) is 5.32 Å². The Labute approximate surface area is 109 Å². The first-order chi connectivity index (χ1) is 8.52. The predicted molar refractivity (Wildman–Crippen MR) is 70.4 cm³/mol. The summed E-state index contributed by atoms with van der Waals surface area (Å²) in [6, 6.07) is 3.88. The number of carbonyl (C=O) groups excluding carboxylic acids is 1. The zero-order chi connectivity index (χ0) is 13.5. The highest BCUT2D eigenvalue weighted by atomic mass is 16.5. The Morgan fingerprint density at radius 3 is 2.67 bits per heavy atom. The summed E-state index contributed by atoms with van der Waals surface area (Å²) in [5, 5.41) is 3.38. The Hall–Kier alpha value is -1.29. The van der Waals surface area contributed by atoms with Gasteiger partial charge in [0.2, 0.25) is 5.76 Å². The number of rotatable bonds is 7. The third-order valence-corrected chi connectivity index (χ3v) is 2.85. The van der Waals surface area contributed by atoms with Crippen LogP contribution in [-0.4, -0.2) is 19.1 Å². The molecule has 18 heavy (non-hydrogen) atoms. The lowest BCUT2D eigenvalue weighted by molar-refractivity contribution is 0.0563. The van der Waals surface area contributed by atoms with E-state index in [1.54, 1.807) is 12.1 Å². The topological polar surface area (TPSA) is 51.5 Å². The normalized spacial score (nSPS) is 12.7. The molecule has 1 N–H and O–H groups in total. The molecule has 0 fully saturated rings. The molecule has 1 rings (SSSR count). The summed E-state index contributed by atoms with van der Waals surface area (Å²) in [6.45, 7) is 7.24. The maximum absolute atomic E-state index is 11.2. The largest absolute Gasteiger partial charge is 0.463 e. The SMILES string of the molecule is COC(=O)c1ccc(CNC(C)CCC(C)C)o1. The minimum atomic E-state index is -0.436. The lowest BCUT2D eigenvalue weighted by Gasteiger charge is -2.13. The average Bonchev–Trinajstić information content (AvgIpc) is 2.81. The number of furan rings is 1. The van der Waals surface area contributed by atoms with Gasteiger partial charge in [0.15, 0.2) is 0 Å². The second kappa shape index (κ2) is 7.21. The lowest BCUT2D eigenvalue weighted by atomic mass is 10.0. The number of carbonyl (C=O) groups is 1. The van der Waals surface area contributed by atoms with Gasteiger partial charge < -0.3 is 14.5 Å². The van der Waals surface area contributed by atoms with E-state index in [9.17, 15) is 4.79 Å². The smallest absolute Gasteiger partial charge is 0.373 e. The minimum Gasteiger partial charge on any atom is -0.463 e. The Balaban J connectivity index is 2.34. The van der Waals surface area contributed by atoms with Crippen molar-refractivity contribution in [2.24, 2.45) is 5.92 Å². The van der Waals surface area contributed by atoms with Crippen LogP contribution in [0.3, 0.4) is 0 Å². The molecule has 1 aromatic rings. The highest BCUT2D eigenvalue weighted by Gasteiger charge is 2.11. The second-order valence-corrected chi connectivity index (χ2v) is 5.01. The number of hydrogen-bond donors (Lipinski definition) is 1. The number of nitrogens with one attached hydrogen (secondary N) is 1. The Bertz CT molecular complexity index is 371. The van der Waals surface area contributed by atoms with E-state index in [2.05, 4.69) is 30.8 Å². The summed E-state index contributed by atoms with van der Waals surface area (Å²) in [4.78, 5) is 11.2. The van der Waals surface area contributed by atoms with E-state index >= 15 is 0 Å². The molecule has 0 amide bonds. The van der Waals surface area contributed by atoms with E-state index in [1.165, 1.54) is 13.5 Å². The summed E-state index contributed by atoms with van der Waals surface area (Å²) in [5.74, 6) is 1.30. The number of ether oxygens (including phenoxy) is 1. The molecular formula is C14H23NO3. The van der Waals surface area contributed by atoms with Gasteiger partial charge >= 0.3 is 5.97 Å². The van der Waals surface area contributed by atoms with Crippen molar-refractivity contribution >= 4 is 5.97 Å². The molecule has 4 nitrogen and oxygen atoms in total. The molecule has 102 valence electrons. The van der Waals surface area contributed by atoms with E-state index in [0.29, 0.717) is 12.6 Å². The average molecular weight is 253 g/mol. The Morgan fingerprint density at radius 2 is 2.06 bits per heavy atom.